The molecule has 0 spiro atoms. The first-order valence-electron chi connectivity index (χ1n) is 8.94. The van der Waals surface area contributed by atoms with E-state index >= 15 is 0 Å². The van der Waals surface area contributed by atoms with Crippen molar-refractivity contribution in [1.82, 2.24) is 10.2 Å². The van der Waals surface area contributed by atoms with Crippen LogP contribution < -0.4 is 5.32 Å². The summed E-state index contributed by atoms with van der Waals surface area (Å²) in [5.41, 5.74) is 1.03. The average Bonchev–Trinajstić information content (AvgIpc) is 3.08. The number of amides is 2. The molecule has 1 heterocycles. The molecule has 5 nitrogen and oxygen atoms in total. The van der Waals surface area contributed by atoms with E-state index in [-0.39, 0.29) is 18.6 Å². The van der Waals surface area contributed by atoms with Crippen molar-refractivity contribution in [3.05, 3.63) is 60.1 Å². The Hall–Kier alpha value is -2.27. The van der Waals surface area contributed by atoms with Gasteiger partial charge in [0.15, 0.2) is 0 Å². The number of carbonyl (C=O) groups excluding carboxylic acids is 1. The molecule has 3 rings (SSSR count). The summed E-state index contributed by atoms with van der Waals surface area (Å²) in [5.74, 6) is 1.04. The summed E-state index contributed by atoms with van der Waals surface area (Å²) in [6.45, 7) is 2.69. The van der Waals surface area contributed by atoms with Crippen LogP contribution in [-0.4, -0.2) is 28.6 Å². The lowest BCUT2D eigenvalue weighted by molar-refractivity contribution is 0.0982. The van der Waals surface area contributed by atoms with Crippen molar-refractivity contribution >= 4 is 6.03 Å². The number of carbonyl (C=O) groups is 1. The van der Waals surface area contributed by atoms with Crippen LogP contribution in [0, 0.1) is 5.92 Å². The van der Waals surface area contributed by atoms with Gasteiger partial charge in [-0.3, -0.25) is 0 Å². The quantitative estimate of drug-likeness (QED) is 0.806. The zero-order valence-corrected chi connectivity index (χ0v) is 14.6. The van der Waals surface area contributed by atoms with E-state index in [1.54, 1.807) is 17.0 Å². The summed E-state index contributed by atoms with van der Waals surface area (Å²) in [6, 6.07) is 13.3. The van der Waals surface area contributed by atoms with Gasteiger partial charge in [-0.25, -0.2) is 4.79 Å². The highest BCUT2D eigenvalue weighted by Gasteiger charge is 2.27. The minimum atomic E-state index is -0.844. The Morgan fingerprint density at radius 1 is 1.28 bits per heavy atom. The van der Waals surface area contributed by atoms with E-state index in [2.05, 4.69) is 12.2 Å². The molecule has 1 aromatic carbocycles. The number of hydrogen-bond donors (Lipinski definition) is 2. The summed E-state index contributed by atoms with van der Waals surface area (Å²) in [4.78, 5) is 14.4. The smallest absolute Gasteiger partial charge is 0.318 e. The van der Waals surface area contributed by atoms with Crippen molar-refractivity contribution in [2.75, 3.05) is 6.54 Å². The van der Waals surface area contributed by atoms with Crippen LogP contribution in [0.2, 0.25) is 0 Å². The molecule has 2 atom stereocenters. The Kier molecular flexibility index (Phi) is 5.76. The molecular formula is C20H26N2O3. The number of aliphatic hydroxyl groups excluding tert-OH is 1. The lowest BCUT2D eigenvalue weighted by Gasteiger charge is -2.34. The molecule has 25 heavy (non-hydrogen) atoms. The molecule has 0 saturated heterocycles. The minimum Gasteiger partial charge on any atom is -0.467 e. The van der Waals surface area contributed by atoms with Crippen molar-refractivity contribution in [3.8, 4) is 0 Å². The fraction of sp³-hybridized carbons (Fsp3) is 0.450. The molecule has 0 radical (unpaired) electrons. The number of nitrogens with one attached hydrogen (secondary N) is 1. The van der Waals surface area contributed by atoms with Gasteiger partial charge in [-0.05, 0) is 43.4 Å². The Morgan fingerprint density at radius 3 is 2.64 bits per heavy atom. The SMILES string of the molecule is CC(NC(=O)N(Cc1ccccc1)CC(O)c1ccco1)C1CCC1. The van der Waals surface area contributed by atoms with Crippen molar-refractivity contribution < 1.29 is 14.3 Å². The molecule has 134 valence electrons. The summed E-state index contributed by atoms with van der Waals surface area (Å²) >= 11 is 0. The second kappa shape index (κ2) is 8.21. The third-order valence-electron chi connectivity index (χ3n) is 4.98. The summed E-state index contributed by atoms with van der Waals surface area (Å²) in [5, 5.41) is 13.5. The maximum absolute atomic E-state index is 12.8. The van der Waals surface area contributed by atoms with Gasteiger partial charge >= 0.3 is 6.03 Å². The molecule has 1 fully saturated rings. The summed E-state index contributed by atoms with van der Waals surface area (Å²) in [6.07, 6.45) is 4.28. The van der Waals surface area contributed by atoms with Gasteiger partial charge in [0.25, 0.3) is 0 Å². The second-order valence-electron chi connectivity index (χ2n) is 6.83. The standard InChI is InChI=1S/C20H26N2O3/c1-15(17-9-5-10-17)21-20(24)22(13-16-7-3-2-4-8-16)14-18(23)19-11-6-12-25-19/h2-4,6-8,11-12,15,17-18,23H,5,9-10,13-14H2,1H3,(H,21,24). The van der Waals surface area contributed by atoms with Crippen LogP contribution >= 0.6 is 0 Å². The number of hydrogen-bond acceptors (Lipinski definition) is 3. The molecule has 0 bridgehead atoms. The predicted octanol–water partition coefficient (Wildman–Crippen LogP) is 3.71. The molecule has 0 aliphatic heterocycles. The van der Waals surface area contributed by atoms with Gasteiger partial charge in [0.05, 0.1) is 12.8 Å². The van der Waals surface area contributed by atoms with E-state index in [9.17, 15) is 9.90 Å². The van der Waals surface area contributed by atoms with E-state index in [4.69, 9.17) is 4.42 Å². The average molecular weight is 342 g/mol. The van der Waals surface area contributed by atoms with Gasteiger partial charge in [0.1, 0.15) is 11.9 Å². The summed E-state index contributed by atoms with van der Waals surface area (Å²) < 4.78 is 5.26. The van der Waals surface area contributed by atoms with E-state index in [0.29, 0.717) is 18.2 Å². The van der Waals surface area contributed by atoms with Gasteiger partial charge < -0.3 is 19.7 Å². The highest BCUT2D eigenvalue weighted by molar-refractivity contribution is 5.74. The molecule has 1 saturated carbocycles. The van der Waals surface area contributed by atoms with Gasteiger partial charge in [-0.2, -0.15) is 0 Å². The Bertz CT molecular complexity index is 653. The topological polar surface area (TPSA) is 65.7 Å². The number of rotatable bonds is 7. The zero-order valence-electron chi connectivity index (χ0n) is 14.6. The van der Waals surface area contributed by atoms with E-state index in [1.807, 2.05) is 30.3 Å². The third kappa shape index (κ3) is 4.63. The van der Waals surface area contributed by atoms with E-state index < -0.39 is 6.10 Å². The Labute approximate surface area is 148 Å². The minimum absolute atomic E-state index is 0.145. The molecule has 2 N–H and O–H groups in total. The van der Waals surface area contributed by atoms with Crippen LogP contribution in [0.3, 0.4) is 0 Å². The molecule has 1 aliphatic rings. The molecule has 2 unspecified atom stereocenters. The highest BCUT2D eigenvalue weighted by atomic mass is 16.4. The highest BCUT2D eigenvalue weighted by Crippen LogP contribution is 2.29. The maximum Gasteiger partial charge on any atom is 0.318 e. The molecule has 1 aliphatic carbocycles. The molecular weight excluding hydrogens is 316 g/mol. The second-order valence-corrected chi connectivity index (χ2v) is 6.83. The number of urea groups is 1. The fourth-order valence-electron chi connectivity index (χ4n) is 3.15. The molecule has 2 amide bonds. The number of nitrogens with zero attached hydrogens (tertiary/aromatic N) is 1. The maximum atomic E-state index is 12.8. The monoisotopic (exact) mass is 342 g/mol. The van der Waals surface area contributed by atoms with Gasteiger partial charge in [-0.15, -0.1) is 0 Å². The largest absolute Gasteiger partial charge is 0.467 e. The molecule has 2 aromatic rings. The van der Waals surface area contributed by atoms with Crippen LogP contribution in [0.15, 0.2) is 53.1 Å². The van der Waals surface area contributed by atoms with Crippen LogP contribution in [0.4, 0.5) is 4.79 Å². The van der Waals surface area contributed by atoms with Crippen LogP contribution in [-0.2, 0) is 6.54 Å². The van der Waals surface area contributed by atoms with Gasteiger partial charge in [0, 0.05) is 12.6 Å². The lowest BCUT2D eigenvalue weighted by atomic mass is 9.80. The van der Waals surface area contributed by atoms with Crippen LogP contribution in [0.1, 0.15) is 43.6 Å². The van der Waals surface area contributed by atoms with E-state index in [0.717, 1.165) is 5.56 Å². The number of benzene rings is 1. The first-order chi connectivity index (χ1) is 12.1. The van der Waals surface area contributed by atoms with Crippen molar-refractivity contribution in [3.63, 3.8) is 0 Å². The van der Waals surface area contributed by atoms with Crippen LogP contribution in [0.25, 0.3) is 0 Å². The predicted molar refractivity (Wildman–Crippen MR) is 95.9 cm³/mol. The van der Waals surface area contributed by atoms with Crippen molar-refractivity contribution in [1.29, 1.82) is 0 Å². The normalized spacial score (nSPS) is 16.7. The van der Waals surface area contributed by atoms with Crippen molar-refractivity contribution in [2.24, 2.45) is 5.92 Å². The van der Waals surface area contributed by atoms with Crippen LogP contribution in [0.5, 0.6) is 0 Å². The summed E-state index contributed by atoms with van der Waals surface area (Å²) in [7, 11) is 0. The first kappa shape index (κ1) is 17.5. The van der Waals surface area contributed by atoms with Crippen molar-refractivity contribution in [2.45, 2.75) is 44.9 Å². The fourth-order valence-corrected chi connectivity index (χ4v) is 3.15. The first-order valence-corrected chi connectivity index (χ1v) is 8.94. The van der Waals surface area contributed by atoms with E-state index in [1.165, 1.54) is 25.5 Å². The lowest BCUT2D eigenvalue weighted by Crippen LogP contribution is -2.48. The van der Waals surface area contributed by atoms with Gasteiger partial charge in [-0.1, -0.05) is 36.8 Å². The number of aliphatic hydroxyl groups is 1. The van der Waals surface area contributed by atoms with Gasteiger partial charge in [0.2, 0.25) is 0 Å². The Balaban J connectivity index is 1.67. The molecule has 5 heteroatoms. The Morgan fingerprint density at radius 2 is 2.04 bits per heavy atom. The third-order valence-corrected chi connectivity index (χ3v) is 4.98. The number of furan rings is 1. The zero-order chi connectivity index (χ0) is 17.6. The molecule has 1 aromatic heterocycles.